The van der Waals surface area contributed by atoms with Crippen molar-refractivity contribution in [2.24, 2.45) is 0 Å². The number of furan rings is 1. The molecule has 0 radical (unpaired) electrons. The van der Waals surface area contributed by atoms with Crippen LogP contribution in [0.5, 0.6) is 0 Å². The first-order chi connectivity index (χ1) is 9.16. The lowest BCUT2D eigenvalue weighted by atomic mass is 10.0. The number of aromatic carboxylic acids is 1. The highest BCUT2D eigenvalue weighted by atomic mass is 79.9. The number of carboxylic acid groups (broad SMARTS) is 1. The van der Waals surface area contributed by atoms with Crippen LogP contribution in [0.15, 0.2) is 57.4 Å². The Morgan fingerprint density at radius 2 is 1.74 bits per heavy atom. The van der Waals surface area contributed by atoms with Crippen LogP contribution in [0.3, 0.4) is 0 Å². The Hall–Kier alpha value is -2.07. The van der Waals surface area contributed by atoms with Crippen LogP contribution in [0.25, 0.3) is 22.1 Å². The molecule has 0 amide bonds. The fraction of sp³-hybridized carbons (Fsp3) is 0. The molecule has 3 nitrogen and oxygen atoms in total. The Labute approximate surface area is 117 Å². The second kappa shape index (κ2) is 4.55. The molecule has 0 aliphatic heterocycles. The number of halogens is 1. The molecule has 19 heavy (non-hydrogen) atoms. The first-order valence-corrected chi connectivity index (χ1v) is 6.47. The van der Waals surface area contributed by atoms with Crippen LogP contribution in [-0.4, -0.2) is 11.1 Å². The molecule has 0 saturated heterocycles. The lowest BCUT2D eigenvalue weighted by Crippen LogP contribution is -1.91. The molecule has 0 aliphatic carbocycles. The molecule has 1 aromatic heterocycles. The second-order valence-corrected chi connectivity index (χ2v) is 4.96. The molecule has 4 heteroatoms. The van der Waals surface area contributed by atoms with Crippen LogP contribution in [0.2, 0.25) is 0 Å². The van der Waals surface area contributed by atoms with Gasteiger partial charge >= 0.3 is 5.97 Å². The summed E-state index contributed by atoms with van der Waals surface area (Å²) < 4.78 is 6.36. The van der Waals surface area contributed by atoms with Crippen LogP contribution in [-0.2, 0) is 0 Å². The number of carbonyl (C=O) groups is 1. The lowest BCUT2D eigenvalue weighted by molar-refractivity contribution is 0.0663. The monoisotopic (exact) mass is 316 g/mol. The van der Waals surface area contributed by atoms with Gasteiger partial charge in [0.25, 0.3) is 0 Å². The second-order valence-electron chi connectivity index (χ2n) is 4.11. The zero-order valence-corrected chi connectivity index (χ0v) is 11.3. The smallest absolute Gasteiger partial charge is 0.371 e. The molecule has 3 rings (SSSR count). The van der Waals surface area contributed by atoms with E-state index < -0.39 is 5.97 Å². The van der Waals surface area contributed by atoms with Crippen molar-refractivity contribution in [3.63, 3.8) is 0 Å². The van der Waals surface area contributed by atoms with E-state index in [0.717, 1.165) is 20.8 Å². The minimum atomic E-state index is -1.06. The van der Waals surface area contributed by atoms with Gasteiger partial charge in [-0.05, 0) is 35.0 Å². The first kappa shape index (κ1) is 12.0. The molecule has 2 aromatic carbocycles. The van der Waals surface area contributed by atoms with E-state index in [1.807, 2.05) is 36.4 Å². The summed E-state index contributed by atoms with van der Waals surface area (Å²) in [6, 6.07) is 14.9. The molecule has 0 unspecified atom stereocenters. The van der Waals surface area contributed by atoms with Gasteiger partial charge in [0, 0.05) is 10.0 Å². The summed E-state index contributed by atoms with van der Waals surface area (Å²) in [5.74, 6) is -0.559. The van der Waals surface area contributed by atoms with Crippen molar-refractivity contribution in [3.05, 3.63) is 58.8 Å². The van der Waals surface area contributed by atoms with Crippen LogP contribution < -0.4 is 0 Å². The van der Waals surface area contributed by atoms with E-state index in [1.54, 1.807) is 6.07 Å². The van der Waals surface area contributed by atoms with Crippen LogP contribution in [0.4, 0.5) is 0 Å². The van der Waals surface area contributed by atoms with Crippen LogP contribution in [0.1, 0.15) is 10.6 Å². The largest absolute Gasteiger partial charge is 0.475 e. The average molecular weight is 317 g/mol. The highest BCUT2D eigenvalue weighted by Crippen LogP contribution is 2.33. The van der Waals surface area contributed by atoms with Crippen molar-refractivity contribution >= 4 is 32.7 Å². The zero-order valence-electron chi connectivity index (χ0n) is 9.76. The van der Waals surface area contributed by atoms with Crippen molar-refractivity contribution in [1.82, 2.24) is 0 Å². The van der Waals surface area contributed by atoms with Crippen LogP contribution >= 0.6 is 15.9 Å². The third-order valence-electron chi connectivity index (χ3n) is 2.95. The van der Waals surface area contributed by atoms with Gasteiger partial charge in [0.2, 0.25) is 5.76 Å². The predicted molar refractivity (Wildman–Crippen MR) is 76.3 cm³/mol. The highest BCUT2D eigenvalue weighted by molar-refractivity contribution is 9.10. The molecule has 1 heterocycles. The van der Waals surface area contributed by atoms with Gasteiger partial charge < -0.3 is 9.52 Å². The fourth-order valence-electron chi connectivity index (χ4n) is 2.07. The predicted octanol–water partition coefficient (Wildman–Crippen LogP) is 4.56. The van der Waals surface area contributed by atoms with Gasteiger partial charge in [-0.2, -0.15) is 0 Å². The van der Waals surface area contributed by atoms with Gasteiger partial charge in [-0.1, -0.05) is 40.2 Å². The molecular formula is C15H9BrO3. The van der Waals surface area contributed by atoms with Gasteiger partial charge in [0.15, 0.2) is 0 Å². The maximum absolute atomic E-state index is 10.9. The van der Waals surface area contributed by atoms with Gasteiger partial charge in [0.1, 0.15) is 5.76 Å². The van der Waals surface area contributed by atoms with Gasteiger partial charge in [-0.15, -0.1) is 0 Å². The summed E-state index contributed by atoms with van der Waals surface area (Å²) in [4.78, 5) is 10.9. The molecule has 0 aliphatic rings. The van der Waals surface area contributed by atoms with Crippen molar-refractivity contribution < 1.29 is 14.3 Å². The summed E-state index contributed by atoms with van der Waals surface area (Å²) in [5, 5.41) is 11.0. The fourth-order valence-corrected chi connectivity index (χ4v) is 2.55. The average Bonchev–Trinajstić information content (AvgIpc) is 2.89. The Kier molecular flexibility index (Phi) is 2.87. The minimum absolute atomic E-state index is 0.0537. The van der Waals surface area contributed by atoms with E-state index >= 15 is 0 Å². The summed E-state index contributed by atoms with van der Waals surface area (Å²) in [5.41, 5.74) is 0.881. The molecular weight excluding hydrogens is 308 g/mol. The summed E-state index contributed by atoms with van der Waals surface area (Å²) in [6.45, 7) is 0. The molecule has 3 aromatic rings. The number of carboxylic acids is 1. The van der Waals surface area contributed by atoms with E-state index in [-0.39, 0.29) is 5.76 Å². The molecule has 0 atom stereocenters. The third kappa shape index (κ3) is 2.04. The number of benzene rings is 2. The van der Waals surface area contributed by atoms with Crippen LogP contribution in [0, 0.1) is 0 Å². The SMILES string of the molecule is O=C(O)c1ccc(-c2ccc(Br)c3ccccc23)o1. The summed E-state index contributed by atoms with van der Waals surface area (Å²) in [6.07, 6.45) is 0. The van der Waals surface area contributed by atoms with E-state index in [1.165, 1.54) is 6.07 Å². The maximum atomic E-state index is 10.9. The zero-order chi connectivity index (χ0) is 13.4. The molecule has 0 saturated carbocycles. The van der Waals surface area contributed by atoms with Crippen molar-refractivity contribution in [1.29, 1.82) is 0 Å². The first-order valence-electron chi connectivity index (χ1n) is 5.67. The Balaban J connectivity index is 2.24. The Morgan fingerprint density at radius 3 is 2.42 bits per heavy atom. The lowest BCUT2D eigenvalue weighted by Gasteiger charge is -2.05. The standard InChI is InChI=1S/C15H9BrO3/c16-12-6-5-11(9-3-1-2-4-10(9)12)13-7-8-14(19-13)15(17)18/h1-8H,(H,17,18). The topological polar surface area (TPSA) is 50.4 Å². The Morgan fingerprint density at radius 1 is 1.00 bits per heavy atom. The maximum Gasteiger partial charge on any atom is 0.371 e. The molecule has 0 spiro atoms. The third-order valence-corrected chi connectivity index (χ3v) is 3.64. The molecule has 0 bridgehead atoms. The van der Waals surface area contributed by atoms with Gasteiger partial charge in [-0.25, -0.2) is 4.79 Å². The minimum Gasteiger partial charge on any atom is -0.475 e. The van der Waals surface area contributed by atoms with Crippen molar-refractivity contribution in [2.75, 3.05) is 0 Å². The molecule has 0 fully saturated rings. The number of hydrogen-bond acceptors (Lipinski definition) is 2. The van der Waals surface area contributed by atoms with Gasteiger partial charge in [-0.3, -0.25) is 0 Å². The van der Waals surface area contributed by atoms with E-state index in [0.29, 0.717) is 5.76 Å². The highest BCUT2D eigenvalue weighted by Gasteiger charge is 2.13. The van der Waals surface area contributed by atoms with Crippen molar-refractivity contribution in [3.8, 4) is 11.3 Å². The Bertz CT molecular complexity index is 774. The summed E-state index contributed by atoms with van der Waals surface area (Å²) in [7, 11) is 0. The number of hydrogen-bond donors (Lipinski definition) is 1. The number of fused-ring (bicyclic) bond motifs is 1. The number of rotatable bonds is 2. The quantitative estimate of drug-likeness (QED) is 0.754. The molecule has 1 N–H and O–H groups in total. The normalized spacial score (nSPS) is 10.8. The molecule has 94 valence electrons. The summed E-state index contributed by atoms with van der Waals surface area (Å²) >= 11 is 3.51. The van der Waals surface area contributed by atoms with E-state index in [4.69, 9.17) is 9.52 Å². The van der Waals surface area contributed by atoms with E-state index in [9.17, 15) is 4.79 Å². The van der Waals surface area contributed by atoms with Crippen molar-refractivity contribution in [2.45, 2.75) is 0 Å². The van der Waals surface area contributed by atoms with E-state index in [2.05, 4.69) is 15.9 Å². The van der Waals surface area contributed by atoms with Gasteiger partial charge in [0.05, 0.1) is 0 Å².